The molecular weight excluding hydrogens is 367 g/mol. The monoisotopic (exact) mass is 379 g/mol. The molecular formula is C20H12F3N5. The van der Waals surface area contributed by atoms with E-state index in [1.165, 1.54) is 22.9 Å². The smallest absolute Gasteiger partial charge is 0.382 e. The molecule has 2 aromatic carbocycles. The predicted molar refractivity (Wildman–Crippen MR) is 97.6 cm³/mol. The van der Waals surface area contributed by atoms with Crippen molar-refractivity contribution in [2.45, 2.75) is 6.18 Å². The molecule has 0 aliphatic rings. The van der Waals surface area contributed by atoms with E-state index < -0.39 is 11.7 Å². The zero-order chi connectivity index (χ0) is 20.3. The summed E-state index contributed by atoms with van der Waals surface area (Å²) in [6.07, 6.45) is -3.53. The van der Waals surface area contributed by atoms with Gasteiger partial charge in [-0.05, 0) is 29.8 Å². The molecule has 5 nitrogen and oxygen atoms in total. The summed E-state index contributed by atoms with van der Waals surface area (Å²) in [7, 11) is 0. The summed E-state index contributed by atoms with van der Waals surface area (Å²) in [4.78, 5) is 0. The van der Waals surface area contributed by atoms with Gasteiger partial charge < -0.3 is 5.73 Å². The number of nitriles is 2. The molecule has 28 heavy (non-hydrogen) atoms. The van der Waals surface area contributed by atoms with Crippen molar-refractivity contribution in [1.29, 1.82) is 10.5 Å². The summed E-state index contributed by atoms with van der Waals surface area (Å²) in [5.74, 6) is -0.00560. The first-order chi connectivity index (χ1) is 13.4. The fourth-order valence-corrected chi connectivity index (χ4v) is 2.69. The van der Waals surface area contributed by atoms with Crippen LogP contribution in [0.15, 0.2) is 54.6 Å². The molecule has 0 bridgehead atoms. The Balaban J connectivity index is 2.20. The van der Waals surface area contributed by atoms with E-state index in [0.717, 1.165) is 12.1 Å². The molecule has 0 radical (unpaired) electrons. The first-order valence-electron chi connectivity index (χ1n) is 7.99. The number of nitrogens with zero attached hydrogens (tertiary/aromatic N) is 4. The fourth-order valence-electron chi connectivity index (χ4n) is 2.69. The quantitative estimate of drug-likeness (QED) is 0.683. The summed E-state index contributed by atoms with van der Waals surface area (Å²) < 4.78 is 41.0. The number of nitrogens with two attached hydrogens (primary N) is 1. The van der Waals surface area contributed by atoms with E-state index in [1.807, 2.05) is 12.1 Å². The van der Waals surface area contributed by atoms with Crippen molar-refractivity contribution in [3.8, 4) is 17.8 Å². The Labute approximate surface area is 158 Å². The van der Waals surface area contributed by atoms with Gasteiger partial charge >= 0.3 is 6.18 Å². The number of alkyl halides is 3. The van der Waals surface area contributed by atoms with E-state index in [9.17, 15) is 23.7 Å². The van der Waals surface area contributed by atoms with Crippen LogP contribution in [-0.4, -0.2) is 9.78 Å². The molecule has 8 heteroatoms. The summed E-state index contributed by atoms with van der Waals surface area (Å²) in [6, 6.07) is 17.2. The zero-order valence-corrected chi connectivity index (χ0v) is 14.3. The maximum absolute atomic E-state index is 13.2. The van der Waals surface area contributed by atoms with Crippen LogP contribution in [0, 0.1) is 22.7 Å². The van der Waals surface area contributed by atoms with Crippen molar-refractivity contribution in [3.05, 3.63) is 77.0 Å². The number of nitrogen functional groups attached to an aromatic ring is 1. The van der Waals surface area contributed by atoms with Crippen LogP contribution >= 0.6 is 0 Å². The summed E-state index contributed by atoms with van der Waals surface area (Å²) in [6.45, 7) is 0. The Kier molecular flexibility index (Phi) is 4.88. The highest BCUT2D eigenvalue weighted by atomic mass is 19.4. The van der Waals surface area contributed by atoms with Gasteiger partial charge in [0.25, 0.3) is 0 Å². The number of hydrogen-bond acceptors (Lipinski definition) is 4. The Bertz CT molecular complexity index is 1130. The normalized spacial score (nSPS) is 11.7. The molecule has 0 spiro atoms. The number of halogens is 3. The number of rotatable bonds is 3. The minimum Gasteiger partial charge on any atom is -0.382 e. The third kappa shape index (κ3) is 3.44. The lowest BCUT2D eigenvalue weighted by Crippen LogP contribution is -2.07. The molecule has 0 saturated heterocycles. The zero-order valence-electron chi connectivity index (χ0n) is 14.3. The van der Waals surface area contributed by atoms with Crippen LogP contribution in [-0.2, 0) is 6.18 Å². The van der Waals surface area contributed by atoms with Crippen LogP contribution in [0.25, 0.3) is 17.3 Å². The lowest BCUT2D eigenvalue weighted by molar-refractivity contribution is -0.137. The average molecular weight is 379 g/mol. The highest BCUT2D eigenvalue weighted by Gasteiger charge is 2.32. The van der Waals surface area contributed by atoms with Gasteiger partial charge in [-0.25, -0.2) is 4.68 Å². The minimum absolute atomic E-state index is 0.00560. The van der Waals surface area contributed by atoms with Crippen molar-refractivity contribution >= 4 is 17.5 Å². The molecule has 2 N–H and O–H groups in total. The first-order valence-corrected chi connectivity index (χ1v) is 7.99. The summed E-state index contributed by atoms with van der Waals surface area (Å²) in [5, 5.41) is 23.2. The highest BCUT2D eigenvalue weighted by molar-refractivity contribution is 5.92. The maximum Gasteiger partial charge on any atom is 0.416 e. The van der Waals surface area contributed by atoms with Crippen molar-refractivity contribution in [3.63, 3.8) is 0 Å². The van der Waals surface area contributed by atoms with Gasteiger partial charge in [-0.2, -0.15) is 28.8 Å². The second kappa shape index (κ2) is 7.29. The Morgan fingerprint density at radius 2 is 1.68 bits per heavy atom. The van der Waals surface area contributed by atoms with Crippen LogP contribution in [0.4, 0.5) is 19.0 Å². The third-order valence-electron chi connectivity index (χ3n) is 3.98. The van der Waals surface area contributed by atoms with Crippen LogP contribution in [0.3, 0.4) is 0 Å². The molecule has 0 aliphatic heterocycles. The lowest BCUT2D eigenvalue weighted by atomic mass is 10.0. The standard InChI is InChI=1S/C20H12F3N5/c21-20(22,23)17-9-5-4-6-13(17)10-14(11-24)18-16(12-25)19(26)28(27-18)15-7-2-1-3-8-15/h1-10H,26H2/b14-10-. The Morgan fingerprint density at radius 3 is 2.29 bits per heavy atom. The van der Waals surface area contributed by atoms with Crippen LogP contribution in [0.5, 0.6) is 0 Å². The Morgan fingerprint density at radius 1 is 1.04 bits per heavy atom. The van der Waals surface area contributed by atoms with Gasteiger partial charge in [-0.1, -0.05) is 36.4 Å². The van der Waals surface area contributed by atoms with Crippen molar-refractivity contribution in [2.24, 2.45) is 0 Å². The third-order valence-corrected chi connectivity index (χ3v) is 3.98. The number of allylic oxidation sites excluding steroid dienone is 1. The molecule has 0 unspecified atom stereocenters. The summed E-state index contributed by atoms with van der Waals surface area (Å²) in [5.41, 5.74) is 5.09. The molecule has 1 heterocycles. The topological polar surface area (TPSA) is 91.4 Å². The number of hydrogen-bond donors (Lipinski definition) is 1. The van der Waals surface area contributed by atoms with Crippen molar-refractivity contribution < 1.29 is 13.2 Å². The molecule has 3 aromatic rings. The van der Waals surface area contributed by atoms with Crippen molar-refractivity contribution in [2.75, 3.05) is 5.73 Å². The fraction of sp³-hybridized carbons (Fsp3) is 0.0500. The molecule has 0 saturated carbocycles. The van der Waals surface area contributed by atoms with Gasteiger partial charge in [-0.3, -0.25) is 0 Å². The number of anilines is 1. The second-order valence-corrected chi connectivity index (χ2v) is 5.72. The van der Waals surface area contributed by atoms with Crippen LogP contribution in [0.1, 0.15) is 22.4 Å². The maximum atomic E-state index is 13.2. The number of benzene rings is 2. The molecule has 3 rings (SSSR count). The highest BCUT2D eigenvalue weighted by Crippen LogP contribution is 2.34. The SMILES string of the molecule is N#C/C(=C/c1ccccc1C(F)(F)F)c1nn(-c2ccccc2)c(N)c1C#N. The molecule has 0 fully saturated rings. The molecule has 138 valence electrons. The first kappa shape index (κ1) is 18.7. The lowest BCUT2D eigenvalue weighted by Gasteiger charge is -2.10. The Hall–Kier alpha value is -4.04. The largest absolute Gasteiger partial charge is 0.416 e. The molecule has 0 amide bonds. The molecule has 0 aliphatic carbocycles. The van der Waals surface area contributed by atoms with Crippen LogP contribution in [0.2, 0.25) is 0 Å². The van der Waals surface area contributed by atoms with Gasteiger partial charge in [0, 0.05) is 0 Å². The predicted octanol–water partition coefficient (Wildman–Crippen LogP) is 4.41. The number of para-hydroxylation sites is 1. The van der Waals surface area contributed by atoms with Gasteiger partial charge in [0.05, 0.1) is 16.8 Å². The summed E-state index contributed by atoms with van der Waals surface area (Å²) >= 11 is 0. The van der Waals surface area contributed by atoms with E-state index >= 15 is 0 Å². The second-order valence-electron chi connectivity index (χ2n) is 5.72. The van der Waals surface area contributed by atoms with Crippen molar-refractivity contribution in [1.82, 2.24) is 9.78 Å². The van der Waals surface area contributed by atoms with Crippen LogP contribution < -0.4 is 5.73 Å². The van der Waals surface area contributed by atoms with E-state index in [4.69, 9.17) is 5.73 Å². The van der Waals surface area contributed by atoms with E-state index in [2.05, 4.69) is 5.10 Å². The molecule has 0 atom stereocenters. The van der Waals surface area contributed by atoms with Gasteiger partial charge in [0.1, 0.15) is 29.2 Å². The average Bonchev–Trinajstić information content (AvgIpc) is 3.02. The van der Waals surface area contributed by atoms with E-state index in [1.54, 1.807) is 30.3 Å². The molecule has 1 aromatic heterocycles. The van der Waals surface area contributed by atoms with E-state index in [-0.39, 0.29) is 28.2 Å². The van der Waals surface area contributed by atoms with Gasteiger partial charge in [-0.15, -0.1) is 0 Å². The minimum atomic E-state index is -4.59. The van der Waals surface area contributed by atoms with Gasteiger partial charge in [0.15, 0.2) is 0 Å². The van der Waals surface area contributed by atoms with Gasteiger partial charge in [0.2, 0.25) is 0 Å². The number of aromatic nitrogens is 2. The van der Waals surface area contributed by atoms with E-state index in [0.29, 0.717) is 5.69 Å².